The van der Waals surface area contributed by atoms with E-state index in [0.717, 1.165) is 6.26 Å². The lowest BCUT2D eigenvalue weighted by Gasteiger charge is -2.07. The van der Waals surface area contributed by atoms with E-state index in [4.69, 9.17) is 5.26 Å². The number of hydrogen-bond acceptors (Lipinski definition) is 3. The standard InChI is InChI=1S/C4H8N2O2S/c1-3-6(4-5)9(2,7)8/h3H2,1-2H3. The minimum Gasteiger partial charge on any atom is -0.207 e. The van der Waals surface area contributed by atoms with Crippen molar-refractivity contribution in [2.45, 2.75) is 6.92 Å². The van der Waals surface area contributed by atoms with Gasteiger partial charge >= 0.3 is 0 Å². The molecule has 0 aromatic carbocycles. The molecular formula is C4H8N2O2S. The molecule has 0 saturated carbocycles. The molecule has 0 N–H and O–H groups in total. The van der Waals surface area contributed by atoms with Gasteiger partial charge in [0.05, 0.1) is 6.26 Å². The number of hydrogen-bond donors (Lipinski definition) is 0. The van der Waals surface area contributed by atoms with E-state index in [1.165, 1.54) is 6.19 Å². The molecule has 0 fully saturated rings. The zero-order valence-electron chi connectivity index (χ0n) is 5.33. The molecule has 0 aliphatic carbocycles. The molecule has 0 bridgehead atoms. The van der Waals surface area contributed by atoms with Crippen LogP contribution >= 0.6 is 0 Å². The van der Waals surface area contributed by atoms with Crippen LogP contribution < -0.4 is 0 Å². The average molecular weight is 148 g/mol. The molecule has 0 amide bonds. The van der Waals surface area contributed by atoms with Crippen LogP contribution in [0.3, 0.4) is 0 Å². The number of sulfonamides is 1. The summed E-state index contributed by atoms with van der Waals surface area (Å²) in [4.78, 5) is 0. The first-order chi connectivity index (χ1) is 4.02. The monoisotopic (exact) mass is 148 g/mol. The largest absolute Gasteiger partial charge is 0.240 e. The van der Waals surface area contributed by atoms with Gasteiger partial charge in [-0.25, -0.2) is 12.7 Å². The van der Waals surface area contributed by atoms with E-state index in [1.54, 1.807) is 6.92 Å². The normalized spacial score (nSPS) is 10.3. The van der Waals surface area contributed by atoms with Gasteiger partial charge < -0.3 is 0 Å². The van der Waals surface area contributed by atoms with Crippen molar-refractivity contribution in [3.05, 3.63) is 0 Å². The molecular weight excluding hydrogens is 140 g/mol. The second kappa shape index (κ2) is 2.69. The highest BCUT2D eigenvalue weighted by Crippen LogP contribution is 1.91. The molecule has 0 aromatic heterocycles. The lowest BCUT2D eigenvalue weighted by Crippen LogP contribution is -2.24. The van der Waals surface area contributed by atoms with Crippen molar-refractivity contribution in [1.82, 2.24) is 4.31 Å². The number of rotatable bonds is 2. The topological polar surface area (TPSA) is 61.2 Å². The maximum Gasteiger partial charge on any atom is 0.240 e. The first kappa shape index (κ1) is 8.24. The molecule has 0 atom stereocenters. The maximum absolute atomic E-state index is 10.5. The van der Waals surface area contributed by atoms with Crippen molar-refractivity contribution in [2.75, 3.05) is 12.8 Å². The van der Waals surface area contributed by atoms with Crippen LogP contribution in [0.1, 0.15) is 6.92 Å². The maximum atomic E-state index is 10.5. The van der Waals surface area contributed by atoms with Crippen molar-refractivity contribution in [3.8, 4) is 6.19 Å². The summed E-state index contributed by atoms with van der Waals surface area (Å²) in [7, 11) is -3.29. The third-order valence-electron chi connectivity index (χ3n) is 0.799. The molecule has 0 radical (unpaired) electrons. The first-order valence-corrected chi connectivity index (χ1v) is 4.24. The zero-order valence-corrected chi connectivity index (χ0v) is 6.14. The Bertz CT molecular complexity index is 213. The second-order valence-electron chi connectivity index (χ2n) is 1.53. The summed E-state index contributed by atoms with van der Waals surface area (Å²) >= 11 is 0. The minimum atomic E-state index is -3.29. The van der Waals surface area contributed by atoms with Gasteiger partial charge in [-0.15, -0.1) is 0 Å². The summed E-state index contributed by atoms with van der Waals surface area (Å²) in [5, 5.41) is 8.16. The van der Waals surface area contributed by atoms with Gasteiger partial charge in [-0.3, -0.25) is 0 Å². The predicted molar refractivity (Wildman–Crippen MR) is 32.8 cm³/mol. The van der Waals surface area contributed by atoms with Crippen LogP contribution in [0, 0.1) is 11.5 Å². The van der Waals surface area contributed by atoms with Crippen LogP contribution in [0.4, 0.5) is 0 Å². The van der Waals surface area contributed by atoms with Crippen molar-refractivity contribution in [3.63, 3.8) is 0 Å². The highest BCUT2D eigenvalue weighted by Gasteiger charge is 2.09. The summed E-state index contributed by atoms with van der Waals surface area (Å²) in [6.07, 6.45) is 2.54. The Morgan fingerprint density at radius 3 is 2.11 bits per heavy atom. The lowest BCUT2D eigenvalue weighted by molar-refractivity contribution is 0.526. The highest BCUT2D eigenvalue weighted by molar-refractivity contribution is 7.88. The van der Waals surface area contributed by atoms with Gasteiger partial charge in [0.1, 0.15) is 0 Å². The van der Waals surface area contributed by atoms with E-state index in [2.05, 4.69) is 0 Å². The quantitative estimate of drug-likeness (QED) is 0.400. The van der Waals surface area contributed by atoms with Crippen LogP contribution in [0.5, 0.6) is 0 Å². The van der Waals surface area contributed by atoms with Gasteiger partial charge in [0.15, 0.2) is 6.19 Å². The van der Waals surface area contributed by atoms with Crippen molar-refractivity contribution >= 4 is 10.0 Å². The Labute approximate surface area is 54.7 Å². The molecule has 4 nitrogen and oxygen atoms in total. The lowest BCUT2D eigenvalue weighted by atomic mass is 10.8. The average Bonchev–Trinajstić information content (AvgIpc) is 1.65. The summed E-state index contributed by atoms with van der Waals surface area (Å²) in [6, 6.07) is 0. The predicted octanol–water partition coefficient (Wildman–Crippen LogP) is -0.251. The molecule has 9 heavy (non-hydrogen) atoms. The fourth-order valence-corrected chi connectivity index (χ4v) is 0.997. The van der Waals surface area contributed by atoms with Gasteiger partial charge in [0, 0.05) is 6.54 Å². The summed E-state index contributed by atoms with van der Waals surface area (Å²) < 4.78 is 21.7. The third-order valence-corrected chi connectivity index (χ3v) is 1.94. The van der Waals surface area contributed by atoms with Gasteiger partial charge in [0.25, 0.3) is 0 Å². The Balaban J connectivity index is 4.38. The van der Waals surface area contributed by atoms with Gasteiger partial charge in [-0.2, -0.15) is 5.26 Å². The fourth-order valence-electron chi connectivity index (χ4n) is 0.379. The second-order valence-corrected chi connectivity index (χ2v) is 3.43. The first-order valence-electron chi connectivity index (χ1n) is 2.39. The summed E-state index contributed by atoms with van der Waals surface area (Å²) in [5.41, 5.74) is 0. The van der Waals surface area contributed by atoms with E-state index >= 15 is 0 Å². The Kier molecular flexibility index (Phi) is 2.46. The van der Waals surface area contributed by atoms with Crippen molar-refractivity contribution in [1.29, 1.82) is 5.26 Å². The molecule has 0 aliphatic heterocycles. The van der Waals surface area contributed by atoms with E-state index in [1.807, 2.05) is 0 Å². The SMILES string of the molecule is CCN(C#N)S(C)(=O)=O. The molecule has 0 heterocycles. The number of nitriles is 1. The van der Waals surface area contributed by atoms with E-state index in [9.17, 15) is 8.42 Å². The van der Waals surface area contributed by atoms with Gasteiger partial charge in [-0.05, 0) is 6.92 Å². The minimum absolute atomic E-state index is 0.204. The Hall–Kier alpha value is -0.760. The van der Waals surface area contributed by atoms with Gasteiger partial charge in [0.2, 0.25) is 10.0 Å². The molecule has 0 rings (SSSR count). The third kappa shape index (κ3) is 2.33. The van der Waals surface area contributed by atoms with Crippen molar-refractivity contribution < 1.29 is 8.42 Å². The van der Waals surface area contributed by atoms with E-state index in [-0.39, 0.29) is 6.54 Å². The number of nitrogens with zero attached hydrogens (tertiary/aromatic N) is 2. The molecule has 0 unspecified atom stereocenters. The summed E-state index contributed by atoms with van der Waals surface area (Å²) in [6.45, 7) is 1.81. The Morgan fingerprint density at radius 1 is 1.67 bits per heavy atom. The van der Waals surface area contributed by atoms with Crippen LogP contribution in [-0.2, 0) is 10.0 Å². The molecule has 52 valence electrons. The molecule has 0 spiro atoms. The van der Waals surface area contributed by atoms with Crippen molar-refractivity contribution in [2.24, 2.45) is 0 Å². The molecule has 0 aliphatic rings. The Morgan fingerprint density at radius 2 is 2.11 bits per heavy atom. The van der Waals surface area contributed by atoms with Crippen LogP contribution in [0.2, 0.25) is 0 Å². The highest BCUT2D eigenvalue weighted by atomic mass is 32.2. The molecule has 5 heteroatoms. The summed E-state index contributed by atoms with van der Waals surface area (Å²) in [5.74, 6) is 0. The smallest absolute Gasteiger partial charge is 0.207 e. The van der Waals surface area contributed by atoms with Crippen LogP contribution in [-0.4, -0.2) is 25.5 Å². The molecule has 0 aromatic rings. The van der Waals surface area contributed by atoms with Crippen LogP contribution in [0.25, 0.3) is 0 Å². The fraction of sp³-hybridized carbons (Fsp3) is 0.750. The molecule has 0 saturated heterocycles. The van der Waals surface area contributed by atoms with E-state index in [0.29, 0.717) is 4.31 Å². The van der Waals surface area contributed by atoms with Crippen LogP contribution in [0.15, 0.2) is 0 Å². The van der Waals surface area contributed by atoms with Gasteiger partial charge in [-0.1, -0.05) is 0 Å². The zero-order chi connectivity index (χ0) is 7.49. The van der Waals surface area contributed by atoms with E-state index < -0.39 is 10.0 Å².